The molecule has 0 aliphatic carbocycles. The van der Waals surface area contributed by atoms with Gasteiger partial charge in [0.25, 0.3) is 5.91 Å². The maximum absolute atomic E-state index is 11.9. The van der Waals surface area contributed by atoms with Crippen LogP contribution in [0.5, 0.6) is 0 Å². The fourth-order valence-corrected chi connectivity index (χ4v) is 1.70. The average Bonchev–Trinajstić information content (AvgIpc) is 2.47. The predicted molar refractivity (Wildman–Crippen MR) is 73.5 cm³/mol. The number of nitrogens with one attached hydrogen (secondary N) is 1. The SMILES string of the molecule is CCOC(=O)[C@H](C)C[C@@H](NC(=O)c1ccncc1)C(=O)O. The lowest BCUT2D eigenvalue weighted by molar-refractivity contribution is -0.148. The zero-order chi connectivity index (χ0) is 15.8. The Kier molecular flexibility index (Phi) is 6.32. The normalized spacial score (nSPS) is 13.0. The fraction of sp³-hybridized carbons (Fsp3) is 0.429. The van der Waals surface area contributed by atoms with E-state index < -0.39 is 29.8 Å². The molecule has 114 valence electrons. The zero-order valence-corrected chi connectivity index (χ0v) is 11.9. The number of nitrogens with zero attached hydrogens (tertiary/aromatic N) is 1. The van der Waals surface area contributed by atoms with E-state index in [9.17, 15) is 14.4 Å². The number of carboxylic acid groups (broad SMARTS) is 1. The summed E-state index contributed by atoms with van der Waals surface area (Å²) in [6, 6.07) is 1.79. The van der Waals surface area contributed by atoms with Crippen LogP contribution in [0.1, 0.15) is 30.6 Å². The van der Waals surface area contributed by atoms with Crippen LogP contribution in [0.3, 0.4) is 0 Å². The molecule has 0 aliphatic rings. The number of carbonyl (C=O) groups is 3. The lowest BCUT2D eigenvalue weighted by Gasteiger charge is -2.18. The van der Waals surface area contributed by atoms with Crippen molar-refractivity contribution in [1.29, 1.82) is 0 Å². The smallest absolute Gasteiger partial charge is 0.326 e. The number of rotatable bonds is 7. The van der Waals surface area contributed by atoms with Gasteiger partial charge in [0.2, 0.25) is 0 Å². The minimum atomic E-state index is -1.20. The molecule has 1 aromatic rings. The molecule has 1 aromatic heterocycles. The number of carboxylic acids is 1. The minimum absolute atomic E-state index is 0.0367. The Hall–Kier alpha value is -2.44. The molecule has 2 atom stereocenters. The highest BCUT2D eigenvalue weighted by atomic mass is 16.5. The van der Waals surface area contributed by atoms with E-state index in [0.29, 0.717) is 5.56 Å². The standard InChI is InChI=1S/C14H18N2O5/c1-3-21-14(20)9(2)8-11(13(18)19)16-12(17)10-4-6-15-7-5-10/h4-7,9,11H,3,8H2,1-2H3,(H,16,17)(H,18,19)/t9-,11-/m1/s1. The Morgan fingerprint density at radius 3 is 2.48 bits per heavy atom. The third-order valence-electron chi connectivity index (χ3n) is 2.82. The molecule has 0 unspecified atom stereocenters. The lowest BCUT2D eigenvalue weighted by Crippen LogP contribution is -2.42. The number of carbonyl (C=O) groups excluding carboxylic acids is 2. The number of aromatic nitrogens is 1. The van der Waals surface area contributed by atoms with E-state index in [1.165, 1.54) is 24.5 Å². The van der Waals surface area contributed by atoms with E-state index in [1.807, 2.05) is 0 Å². The van der Waals surface area contributed by atoms with Gasteiger partial charge >= 0.3 is 11.9 Å². The maximum Gasteiger partial charge on any atom is 0.326 e. The Morgan fingerprint density at radius 1 is 1.33 bits per heavy atom. The summed E-state index contributed by atoms with van der Waals surface area (Å²) >= 11 is 0. The monoisotopic (exact) mass is 294 g/mol. The Bertz CT molecular complexity index is 503. The van der Waals surface area contributed by atoms with Crippen LogP contribution in [-0.2, 0) is 14.3 Å². The van der Waals surface area contributed by atoms with Crippen LogP contribution >= 0.6 is 0 Å². The van der Waals surface area contributed by atoms with Crippen molar-refractivity contribution in [2.24, 2.45) is 5.92 Å². The summed E-state index contributed by atoms with van der Waals surface area (Å²) in [4.78, 5) is 38.4. The highest BCUT2D eigenvalue weighted by Crippen LogP contribution is 2.10. The number of esters is 1. The Labute approximate surface area is 122 Å². The fourth-order valence-electron chi connectivity index (χ4n) is 1.70. The van der Waals surface area contributed by atoms with E-state index in [2.05, 4.69) is 10.3 Å². The highest BCUT2D eigenvalue weighted by Gasteiger charge is 2.26. The number of pyridine rings is 1. The van der Waals surface area contributed by atoms with Crippen LogP contribution < -0.4 is 5.32 Å². The van der Waals surface area contributed by atoms with E-state index in [-0.39, 0.29) is 13.0 Å². The number of ether oxygens (including phenoxy) is 1. The van der Waals surface area contributed by atoms with Crippen molar-refractivity contribution >= 4 is 17.8 Å². The van der Waals surface area contributed by atoms with E-state index in [4.69, 9.17) is 9.84 Å². The van der Waals surface area contributed by atoms with Crippen LogP contribution in [0.15, 0.2) is 24.5 Å². The topological polar surface area (TPSA) is 106 Å². The second-order valence-corrected chi connectivity index (χ2v) is 4.49. The molecule has 7 nitrogen and oxygen atoms in total. The van der Waals surface area contributed by atoms with Crippen LogP contribution in [0.4, 0.5) is 0 Å². The molecular weight excluding hydrogens is 276 g/mol. The Balaban J connectivity index is 2.68. The van der Waals surface area contributed by atoms with Crippen molar-refractivity contribution in [1.82, 2.24) is 10.3 Å². The van der Waals surface area contributed by atoms with Crippen molar-refractivity contribution in [3.8, 4) is 0 Å². The molecule has 0 aromatic carbocycles. The van der Waals surface area contributed by atoms with Crippen molar-refractivity contribution in [3.05, 3.63) is 30.1 Å². The van der Waals surface area contributed by atoms with Crippen molar-refractivity contribution in [2.45, 2.75) is 26.3 Å². The molecule has 0 fully saturated rings. The van der Waals surface area contributed by atoms with E-state index in [0.717, 1.165) is 0 Å². The third-order valence-corrected chi connectivity index (χ3v) is 2.82. The molecule has 0 saturated heterocycles. The molecule has 21 heavy (non-hydrogen) atoms. The first-order chi connectivity index (χ1) is 9.95. The summed E-state index contributed by atoms with van der Waals surface area (Å²) in [5.41, 5.74) is 0.306. The minimum Gasteiger partial charge on any atom is -0.480 e. The van der Waals surface area contributed by atoms with Crippen LogP contribution in [0.2, 0.25) is 0 Å². The molecule has 0 aliphatic heterocycles. The first-order valence-electron chi connectivity index (χ1n) is 6.56. The first-order valence-corrected chi connectivity index (χ1v) is 6.56. The summed E-state index contributed by atoms with van der Waals surface area (Å²) in [6.45, 7) is 3.46. The molecular formula is C14H18N2O5. The van der Waals surface area contributed by atoms with Gasteiger partial charge in [0.05, 0.1) is 12.5 Å². The second-order valence-electron chi connectivity index (χ2n) is 4.49. The van der Waals surface area contributed by atoms with Gasteiger partial charge in [0.15, 0.2) is 0 Å². The summed E-state index contributed by atoms with van der Waals surface area (Å²) in [5.74, 6) is -2.83. The van der Waals surface area contributed by atoms with Gasteiger partial charge in [-0.3, -0.25) is 14.6 Å². The molecule has 1 amide bonds. The highest BCUT2D eigenvalue weighted by molar-refractivity contribution is 5.96. The molecule has 1 heterocycles. The molecule has 0 bridgehead atoms. The number of hydrogen-bond acceptors (Lipinski definition) is 5. The average molecular weight is 294 g/mol. The Morgan fingerprint density at radius 2 is 1.95 bits per heavy atom. The van der Waals surface area contributed by atoms with Crippen molar-refractivity contribution in [2.75, 3.05) is 6.61 Å². The van der Waals surface area contributed by atoms with Gasteiger partial charge in [0, 0.05) is 18.0 Å². The van der Waals surface area contributed by atoms with Crippen LogP contribution in [0.25, 0.3) is 0 Å². The van der Waals surface area contributed by atoms with Gasteiger partial charge in [-0.15, -0.1) is 0 Å². The van der Waals surface area contributed by atoms with Gasteiger partial charge in [-0.05, 0) is 25.5 Å². The summed E-state index contributed by atoms with van der Waals surface area (Å²) in [6.07, 6.45) is 2.84. The van der Waals surface area contributed by atoms with Gasteiger partial charge in [0.1, 0.15) is 6.04 Å². The quantitative estimate of drug-likeness (QED) is 0.722. The molecule has 0 radical (unpaired) electrons. The zero-order valence-electron chi connectivity index (χ0n) is 11.9. The third kappa shape index (κ3) is 5.21. The van der Waals surface area contributed by atoms with E-state index >= 15 is 0 Å². The summed E-state index contributed by atoms with van der Waals surface area (Å²) < 4.78 is 4.82. The molecule has 0 spiro atoms. The molecule has 2 N–H and O–H groups in total. The number of aliphatic carboxylic acids is 1. The van der Waals surface area contributed by atoms with Crippen molar-refractivity contribution in [3.63, 3.8) is 0 Å². The molecule has 0 saturated carbocycles. The van der Waals surface area contributed by atoms with E-state index in [1.54, 1.807) is 13.8 Å². The lowest BCUT2D eigenvalue weighted by atomic mass is 10.0. The van der Waals surface area contributed by atoms with Crippen LogP contribution in [-0.4, -0.2) is 40.6 Å². The maximum atomic E-state index is 11.9. The summed E-state index contributed by atoms with van der Waals surface area (Å²) in [5, 5.41) is 11.5. The number of amides is 1. The largest absolute Gasteiger partial charge is 0.480 e. The van der Waals surface area contributed by atoms with Gasteiger partial charge < -0.3 is 15.2 Å². The summed E-state index contributed by atoms with van der Waals surface area (Å²) in [7, 11) is 0. The van der Waals surface area contributed by atoms with Gasteiger partial charge in [-0.25, -0.2) is 4.79 Å². The number of hydrogen-bond donors (Lipinski definition) is 2. The predicted octanol–water partition coefficient (Wildman–Crippen LogP) is 0.854. The molecule has 1 rings (SSSR count). The van der Waals surface area contributed by atoms with Gasteiger partial charge in [-0.1, -0.05) is 6.92 Å². The van der Waals surface area contributed by atoms with Gasteiger partial charge in [-0.2, -0.15) is 0 Å². The van der Waals surface area contributed by atoms with Crippen molar-refractivity contribution < 1.29 is 24.2 Å². The first kappa shape index (κ1) is 16.6. The van der Waals surface area contributed by atoms with Crippen LogP contribution in [0, 0.1) is 5.92 Å². The second kappa shape index (κ2) is 7.98. The molecule has 7 heteroatoms.